The van der Waals surface area contributed by atoms with Gasteiger partial charge < -0.3 is 20.3 Å². The van der Waals surface area contributed by atoms with Crippen LogP contribution in [0.5, 0.6) is 0 Å². The zero-order valence-corrected chi connectivity index (χ0v) is 20.1. The van der Waals surface area contributed by atoms with Crippen LogP contribution in [0.15, 0.2) is 23.5 Å². The molecule has 1 aliphatic rings. The minimum Gasteiger partial charge on any atom is -0.383 e. The number of piperazine rings is 1. The molecule has 1 aromatic heterocycles. The number of amides is 1. The molecule has 9 heteroatoms. The highest BCUT2D eigenvalue weighted by atomic mass is 127. The minimum absolute atomic E-state index is 0. The molecule has 1 amide bonds. The second-order valence-corrected chi connectivity index (χ2v) is 6.89. The molecule has 0 atom stereocenters. The first-order chi connectivity index (χ1) is 13.6. The summed E-state index contributed by atoms with van der Waals surface area (Å²) in [7, 11) is 1.63. The van der Waals surface area contributed by atoms with Crippen LogP contribution in [0.4, 0.5) is 0 Å². The van der Waals surface area contributed by atoms with Gasteiger partial charge in [0.2, 0.25) is 5.91 Å². The number of hydrogen-bond donors (Lipinski definition) is 2. The predicted molar refractivity (Wildman–Crippen MR) is 127 cm³/mol. The fraction of sp³-hybridized carbons (Fsp3) is 0.650. The lowest BCUT2D eigenvalue weighted by Crippen LogP contribution is -2.54. The van der Waals surface area contributed by atoms with E-state index >= 15 is 0 Å². The number of methoxy groups -OCH3 is 1. The Balaban J connectivity index is 0.00000420. The van der Waals surface area contributed by atoms with Gasteiger partial charge in [-0.2, -0.15) is 0 Å². The lowest BCUT2D eigenvalue weighted by atomic mass is 10.1. The van der Waals surface area contributed by atoms with Crippen molar-refractivity contribution < 1.29 is 9.53 Å². The molecule has 2 heterocycles. The number of carbonyl (C=O) groups is 1. The molecule has 1 aliphatic heterocycles. The van der Waals surface area contributed by atoms with E-state index in [-0.39, 0.29) is 29.9 Å². The summed E-state index contributed by atoms with van der Waals surface area (Å²) in [5.41, 5.74) is 2.50. The van der Waals surface area contributed by atoms with Crippen molar-refractivity contribution in [1.82, 2.24) is 25.4 Å². The molecule has 0 saturated carbocycles. The van der Waals surface area contributed by atoms with E-state index < -0.39 is 0 Å². The molecule has 164 valence electrons. The Morgan fingerprint density at radius 1 is 1.28 bits per heavy atom. The summed E-state index contributed by atoms with van der Waals surface area (Å²) in [6.45, 7) is 10.7. The van der Waals surface area contributed by atoms with E-state index in [1.54, 1.807) is 7.11 Å². The SMILES string of the molecule is CCNC(=NCCc1ccncc1C)N1CCN(CC(=O)NCCOC)CC1.I. The van der Waals surface area contributed by atoms with Crippen molar-refractivity contribution in [3.05, 3.63) is 29.6 Å². The summed E-state index contributed by atoms with van der Waals surface area (Å²) in [6, 6.07) is 2.06. The minimum atomic E-state index is 0. The maximum atomic E-state index is 11.9. The van der Waals surface area contributed by atoms with Crippen molar-refractivity contribution in [2.45, 2.75) is 20.3 Å². The number of nitrogens with one attached hydrogen (secondary N) is 2. The molecule has 29 heavy (non-hydrogen) atoms. The molecule has 0 aliphatic carbocycles. The fourth-order valence-corrected chi connectivity index (χ4v) is 3.16. The van der Waals surface area contributed by atoms with Crippen molar-refractivity contribution in [2.24, 2.45) is 4.99 Å². The molecule has 2 N–H and O–H groups in total. The lowest BCUT2D eigenvalue weighted by molar-refractivity contribution is -0.122. The third-order valence-corrected chi connectivity index (χ3v) is 4.78. The summed E-state index contributed by atoms with van der Waals surface area (Å²) in [4.78, 5) is 25.4. The topological polar surface area (TPSA) is 82.1 Å². The Bertz CT molecular complexity index is 635. The number of pyridine rings is 1. The Morgan fingerprint density at radius 2 is 2.03 bits per heavy atom. The standard InChI is InChI=1S/C20H34N6O2.HI/c1-4-22-20(24-8-6-18-5-7-21-15-17(18)2)26-12-10-25(11-13-26)16-19(27)23-9-14-28-3;/h5,7,15H,4,6,8-14,16H2,1-3H3,(H,22,24)(H,23,27);1H. The van der Waals surface area contributed by atoms with Crippen LogP contribution >= 0.6 is 24.0 Å². The highest BCUT2D eigenvalue weighted by molar-refractivity contribution is 14.0. The number of aliphatic imine (C=N–C) groups is 1. The van der Waals surface area contributed by atoms with Crippen LogP contribution in [-0.4, -0.2) is 92.7 Å². The smallest absolute Gasteiger partial charge is 0.234 e. The zero-order chi connectivity index (χ0) is 20.2. The first-order valence-corrected chi connectivity index (χ1v) is 10.0. The summed E-state index contributed by atoms with van der Waals surface area (Å²) in [6.07, 6.45) is 4.64. The molecule has 0 aromatic carbocycles. The van der Waals surface area contributed by atoms with Crippen molar-refractivity contribution in [1.29, 1.82) is 0 Å². The quantitative estimate of drug-likeness (QED) is 0.219. The van der Waals surface area contributed by atoms with Crippen LogP contribution in [0.25, 0.3) is 0 Å². The van der Waals surface area contributed by atoms with Crippen LogP contribution < -0.4 is 10.6 Å². The highest BCUT2D eigenvalue weighted by Gasteiger charge is 2.21. The van der Waals surface area contributed by atoms with Gasteiger partial charge in [0.15, 0.2) is 5.96 Å². The predicted octanol–water partition coefficient (Wildman–Crippen LogP) is 0.896. The molecular weight excluding hydrogens is 483 g/mol. The summed E-state index contributed by atoms with van der Waals surface area (Å²) in [5, 5.41) is 6.27. The molecule has 0 spiro atoms. The van der Waals surface area contributed by atoms with Crippen LogP contribution in [0, 0.1) is 6.92 Å². The average molecular weight is 518 g/mol. The van der Waals surface area contributed by atoms with Gasteiger partial charge in [-0.15, -0.1) is 24.0 Å². The summed E-state index contributed by atoms with van der Waals surface area (Å²) >= 11 is 0. The van der Waals surface area contributed by atoms with E-state index in [0.29, 0.717) is 19.7 Å². The van der Waals surface area contributed by atoms with Gasteiger partial charge >= 0.3 is 0 Å². The molecule has 0 bridgehead atoms. The molecular formula is C20H35IN6O2. The number of aromatic nitrogens is 1. The third-order valence-electron chi connectivity index (χ3n) is 4.78. The number of nitrogens with zero attached hydrogens (tertiary/aromatic N) is 4. The Hall–Kier alpha value is -1.46. The largest absolute Gasteiger partial charge is 0.383 e. The number of guanidine groups is 1. The second-order valence-electron chi connectivity index (χ2n) is 6.89. The first kappa shape index (κ1) is 25.6. The van der Waals surface area contributed by atoms with E-state index in [1.165, 1.54) is 11.1 Å². The molecule has 8 nitrogen and oxygen atoms in total. The maximum Gasteiger partial charge on any atom is 0.234 e. The number of aryl methyl sites for hydroxylation is 1. The van der Waals surface area contributed by atoms with Gasteiger partial charge in [-0.3, -0.25) is 19.7 Å². The van der Waals surface area contributed by atoms with E-state index in [9.17, 15) is 4.79 Å². The first-order valence-electron chi connectivity index (χ1n) is 10.0. The van der Waals surface area contributed by atoms with E-state index in [2.05, 4.69) is 45.3 Å². The van der Waals surface area contributed by atoms with Crippen LogP contribution in [-0.2, 0) is 16.0 Å². The molecule has 2 rings (SSSR count). The monoisotopic (exact) mass is 518 g/mol. The summed E-state index contributed by atoms with van der Waals surface area (Å²) in [5.74, 6) is 1.01. The molecule has 1 aromatic rings. The number of rotatable bonds is 9. The Labute approximate surface area is 191 Å². The number of carbonyl (C=O) groups excluding carboxylic acids is 1. The maximum absolute atomic E-state index is 11.9. The lowest BCUT2D eigenvalue weighted by Gasteiger charge is -2.36. The van der Waals surface area contributed by atoms with Gasteiger partial charge in [0.25, 0.3) is 0 Å². The van der Waals surface area contributed by atoms with Crippen molar-refractivity contribution in [3.63, 3.8) is 0 Å². The zero-order valence-electron chi connectivity index (χ0n) is 17.8. The van der Waals surface area contributed by atoms with Gasteiger partial charge in [0.05, 0.1) is 13.2 Å². The van der Waals surface area contributed by atoms with Crippen LogP contribution in [0.1, 0.15) is 18.1 Å². The van der Waals surface area contributed by atoms with Crippen LogP contribution in [0.2, 0.25) is 0 Å². The van der Waals surface area contributed by atoms with Crippen molar-refractivity contribution in [2.75, 3.05) is 66.1 Å². The summed E-state index contributed by atoms with van der Waals surface area (Å²) < 4.78 is 4.95. The number of halogens is 1. The second kappa shape index (κ2) is 14.5. The van der Waals surface area contributed by atoms with Crippen molar-refractivity contribution >= 4 is 35.8 Å². The fourth-order valence-electron chi connectivity index (χ4n) is 3.16. The molecule has 1 saturated heterocycles. The van der Waals surface area contributed by atoms with Crippen molar-refractivity contribution in [3.8, 4) is 0 Å². The Morgan fingerprint density at radius 3 is 2.69 bits per heavy atom. The van der Waals surface area contributed by atoms with Gasteiger partial charge in [-0.05, 0) is 37.5 Å². The van der Waals surface area contributed by atoms with E-state index in [0.717, 1.165) is 51.6 Å². The van der Waals surface area contributed by atoms with E-state index in [1.807, 2.05) is 12.4 Å². The van der Waals surface area contributed by atoms with Gasteiger partial charge in [0.1, 0.15) is 0 Å². The van der Waals surface area contributed by atoms with Gasteiger partial charge in [-0.25, -0.2) is 0 Å². The normalized spacial score (nSPS) is 15.0. The average Bonchev–Trinajstić information content (AvgIpc) is 2.69. The van der Waals surface area contributed by atoms with E-state index in [4.69, 9.17) is 9.73 Å². The van der Waals surface area contributed by atoms with Crippen LogP contribution in [0.3, 0.4) is 0 Å². The number of ether oxygens (including phenoxy) is 1. The highest BCUT2D eigenvalue weighted by Crippen LogP contribution is 2.07. The van der Waals surface area contributed by atoms with Gasteiger partial charge in [-0.1, -0.05) is 0 Å². The van der Waals surface area contributed by atoms with Gasteiger partial charge in [0, 0.05) is 65.3 Å². The Kier molecular flexibility index (Phi) is 12.8. The molecule has 0 radical (unpaired) electrons. The molecule has 1 fully saturated rings. The number of hydrogen-bond acceptors (Lipinski definition) is 5. The molecule has 0 unspecified atom stereocenters. The third kappa shape index (κ3) is 9.26.